The van der Waals surface area contributed by atoms with E-state index in [2.05, 4.69) is 36.4 Å². The van der Waals surface area contributed by atoms with E-state index < -0.39 is 0 Å². The average molecular weight is 515 g/mol. The number of nitrogens with one attached hydrogen (secondary N) is 1. The molecule has 0 aliphatic carbocycles. The van der Waals surface area contributed by atoms with Crippen molar-refractivity contribution in [3.63, 3.8) is 0 Å². The van der Waals surface area contributed by atoms with Gasteiger partial charge in [0.2, 0.25) is 0 Å². The molecule has 0 saturated heterocycles. The van der Waals surface area contributed by atoms with Gasteiger partial charge in [-0.25, -0.2) is 0 Å². The van der Waals surface area contributed by atoms with Crippen molar-refractivity contribution in [2.75, 3.05) is 5.32 Å². The van der Waals surface area contributed by atoms with Crippen LogP contribution in [0.4, 0.5) is 5.69 Å². The van der Waals surface area contributed by atoms with Crippen molar-refractivity contribution in [3.05, 3.63) is 77.6 Å². The molecule has 5 nitrogen and oxygen atoms in total. The van der Waals surface area contributed by atoms with Gasteiger partial charge < -0.3 is 0 Å². The van der Waals surface area contributed by atoms with Crippen molar-refractivity contribution < 1.29 is 30.6 Å². The summed E-state index contributed by atoms with van der Waals surface area (Å²) in [4.78, 5) is 20.6. The molecule has 3 rings (SSSR count). The van der Waals surface area contributed by atoms with Crippen molar-refractivity contribution >= 4 is 11.6 Å². The van der Waals surface area contributed by atoms with Gasteiger partial charge in [-0.05, 0) is 6.07 Å². The van der Waals surface area contributed by atoms with E-state index in [1.54, 1.807) is 30.6 Å². The molecule has 0 aliphatic rings. The maximum absolute atomic E-state index is 12.5. The number of carbonyl (C=O) groups excluding carboxylic acids is 1. The maximum atomic E-state index is 12.5. The molecule has 0 atom stereocenters. The second kappa shape index (κ2) is 8.07. The Morgan fingerprint density at radius 2 is 1.92 bits per heavy atom. The Hall–Kier alpha value is -2.47. The number of hydrogen-bond donors (Lipinski definition) is 1. The molecule has 2 aromatic carbocycles. The van der Waals surface area contributed by atoms with Gasteiger partial charge in [0.05, 0.1) is 0 Å². The van der Waals surface area contributed by atoms with E-state index in [9.17, 15) is 4.79 Å². The van der Waals surface area contributed by atoms with Crippen LogP contribution in [0.15, 0.2) is 60.9 Å². The minimum absolute atomic E-state index is 0.158. The smallest absolute Gasteiger partial charge is 0.0251 e. The first-order valence-electron chi connectivity index (χ1n) is 7.62. The summed E-state index contributed by atoms with van der Waals surface area (Å²) in [5.41, 5.74) is 3.31. The first-order chi connectivity index (χ1) is 12.2. The van der Waals surface area contributed by atoms with E-state index in [1.807, 2.05) is 37.3 Å². The van der Waals surface area contributed by atoms with E-state index in [4.69, 9.17) is 4.74 Å². The second-order valence-corrected chi connectivity index (χ2v) is 6.14. The molecule has 1 heterocycles. The first kappa shape index (κ1) is 17.4. The number of anilines is 1. The Labute approximate surface area is 158 Å². The number of hydrogen-bond acceptors (Lipinski definition) is 4. The summed E-state index contributed by atoms with van der Waals surface area (Å²) in [5.74, 6) is 0.443. The van der Waals surface area contributed by atoms with Crippen molar-refractivity contribution in [2.24, 2.45) is 0 Å². The van der Waals surface area contributed by atoms with Gasteiger partial charge >= 0.3 is 140 Å². The summed E-state index contributed by atoms with van der Waals surface area (Å²) >= 11 is 2.46. The SMILES string of the molecule is Cc1ccc(NC(=O)c2cccc([CH2][Au])c2)cc1Oc1ncccn1. The topological polar surface area (TPSA) is 64.1 Å². The molecule has 1 N–H and O–H groups in total. The molecule has 0 fully saturated rings. The summed E-state index contributed by atoms with van der Waals surface area (Å²) in [5, 5.41) is 2.90. The van der Waals surface area contributed by atoms with Gasteiger partial charge in [0, 0.05) is 12.4 Å². The zero-order chi connectivity index (χ0) is 17.6. The Balaban J connectivity index is 1.78. The first-order valence-corrected chi connectivity index (χ1v) is 9.15. The van der Waals surface area contributed by atoms with Crippen molar-refractivity contribution in [1.82, 2.24) is 9.97 Å². The van der Waals surface area contributed by atoms with Gasteiger partial charge in [-0.3, -0.25) is 0 Å². The minimum atomic E-state index is -0.158. The van der Waals surface area contributed by atoms with E-state index in [1.165, 1.54) is 0 Å². The summed E-state index contributed by atoms with van der Waals surface area (Å²) in [6, 6.07) is 15.0. The zero-order valence-electron chi connectivity index (χ0n) is 13.5. The van der Waals surface area contributed by atoms with Gasteiger partial charge in [0.15, 0.2) is 0 Å². The van der Waals surface area contributed by atoms with Crippen LogP contribution in [0.3, 0.4) is 0 Å². The van der Waals surface area contributed by atoms with Crippen LogP contribution in [-0.2, 0) is 25.7 Å². The summed E-state index contributed by atoms with van der Waals surface area (Å²) in [7, 11) is 0. The monoisotopic (exact) mass is 515 g/mol. The third-order valence-electron chi connectivity index (χ3n) is 3.50. The Kier molecular flexibility index (Phi) is 5.60. The van der Waals surface area contributed by atoms with Crippen LogP contribution < -0.4 is 10.1 Å². The molecule has 0 spiro atoms. The molecular formula is C19H16AuN3O2. The zero-order valence-corrected chi connectivity index (χ0v) is 15.7. The Bertz CT molecular complexity index is 885. The fourth-order valence-corrected chi connectivity index (χ4v) is 2.68. The number of carbonyl (C=O) groups is 1. The van der Waals surface area contributed by atoms with E-state index in [0.717, 1.165) is 15.8 Å². The number of nitrogens with zero attached hydrogens (tertiary/aromatic N) is 2. The number of aryl methyl sites for hydroxylation is 1. The van der Waals surface area contributed by atoms with Crippen LogP contribution in [0.2, 0.25) is 0 Å². The number of aromatic nitrogens is 2. The predicted molar refractivity (Wildman–Crippen MR) is 91.4 cm³/mol. The molecular weight excluding hydrogens is 499 g/mol. The molecule has 0 bridgehead atoms. The van der Waals surface area contributed by atoms with Gasteiger partial charge in [0.25, 0.3) is 0 Å². The van der Waals surface area contributed by atoms with Crippen molar-refractivity contribution in [2.45, 2.75) is 11.6 Å². The number of benzene rings is 2. The average Bonchev–Trinajstić information content (AvgIpc) is 2.65. The third kappa shape index (κ3) is 4.54. The molecule has 130 valence electrons. The number of amides is 1. The molecule has 1 aromatic heterocycles. The van der Waals surface area contributed by atoms with Crippen molar-refractivity contribution in [1.29, 1.82) is 0 Å². The summed E-state index contributed by atoms with van der Waals surface area (Å²) in [6.45, 7) is 1.92. The fraction of sp³-hybridized carbons (Fsp3) is 0.105. The number of rotatable bonds is 5. The molecule has 0 saturated carbocycles. The molecule has 3 aromatic rings. The van der Waals surface area contributed by atoms with Crippen LogP contribution in [0.5, 0.6) is 11.8 Å². The minimum Gasteiger partial charge on any atom is -0.0251 e. The predicted octanol–water partition coefficient (Wildman–Crippen LogP) is 3.88. The molecule has 0 radical (unpaired) electrons. The Morgan fingerprint density at radius 1 is 1.12 bits per heavy atom. The van der Waals surface area contributed by atoms with Crippen molar-refractivity contribution in [3.8, 4) is 11.8 Å². The summed E-state index contributed by atoms with van der Waals surface area (Å²) < 4.78 is 6.53. The molecule has 0 aliphatic heterocycles. The van der Waals surface area contributed by atoms with Gasteiger partial charge in [-0.1, -0.05) is 0 Å². The number of ether oxygens (including phenoxy) is 1. The van der Waals surface area contributed by atoms with Crippen LogP contribution in [0.1, 0.15) is 21.5 Å². The van der Waals surface area contributed by atoms with Gasteiger partial charge in [-0.2, -0.15) is 0 Å². The van der Waals surface area contributed by atoms with Crippen LogP contribution in [-0.4, -0.2) is 15.9 Å². The fourth-order valence-electron chi connectivity index (χ4n) is 2.21. The van der Waals surface area contributed by atoms with Crippen LogP contribution in [0.25, 0.3) is 0 Å². The van der Waals surface area contributed by atoms with Crippen LogP contribution in [0, 0.1) is 6.92 Å². The molecule has 25 heavy (non-hydrogen) atoms. The van der Waals surface area contributed by atoms with Gasteiger partial charge in [0.1, 0.15) is 0 Å². The summed E-state index contributed by atoms with van der Waals surface area (Å²) in [6.07, 6.45) is 3.23. The molecule has 6 heteroatoms. The van der Waals surface area contributed by atoms with E-state index >= 15 is 0 Å². The molecule has 0 unspecified atom stereocenters. The third-order valence-corrected chi connectivity index (χ3v) is 4.39. The second-order valence-electron chi connectivity index (χ2n) is 5.37. The van der Waals surface area contributed by atoms with E-state index in [0.29, 0.717) is 17.0 Å². The van der Waals surface area contributed by atoms with E-state index in [-0.39, 0.29) is 11.9 Å². The standard InChI is InChI=1S/C19H16N3O2.Au/c1-13-5-3-6-15(11-13)18(23)22-16-8-7-14(2)17(12-16)24-19-20-9-4-10-21-19;/h3-12H,1H2,2H3,(H,22,23);. The quantitative estimate of drug-likeness (QED) is 0.525. The Morgan fingerprint density at radius 3 is 2.68 bits per heavy atom. The van der Waals surface area contributed by atoms with Gasteiger partial charge in [-0.15, -0.1) is 0 Å². The molecule has 1 amide bonds. The van der Waals surface area contributed by atoms with Crippen LogP contribution >= 0.6 is 0 Å². The normalized spacial score (nSPS) is 10.4.